The zero-order chi connectivity index (χ0) is 23.5. The van der Waals surface area contributed by atoms with Crippen LogP contribution in [0.15, 0.2) is 23.0 Å². The van der Waals surface area contributed by atoms with Crippen LogP contribution in [0.25, 0.3) is 10.9 Å². The van der Waals surface area contributed by atoms with E-state index in [1.807, 2.05) is 0 Å². The van der Waals surface area contributed by atoms with Gasteiger partial charge in [-0.2, -0.15) is 0 Å². The van der Waals surface area contributed by atoms with Crippen LogP contribution in [-0.4, -0.2) is 33.5 Å². The highest BCUT2D eigenvalue weighted by Crippen LogP contribution is 2.27. The average Bonchev–Trinajstić information content (AvgIpc) is 2.75. The van der Waals surface area contributed by atoms with E-state index in [2.05, 4.69) is 17.3 Å². The maximum Gasteiger partial charge on any atom is 0.281 e. The molecule has 0 unspecified atom stereocenters. The number of fused-ring (bicyclic) bond motifs is 1. The summed E-state index contributed by atoms with van der Waals surface area (Å²) in [5, 5.41) is 12.3. The highest BCUT2D eigenvalue weighted by Gasteiger charge is 2.25. The molecular weight excluding hydrogens is 430 g/mol. The lowest BCUT2D eigenvalue weighted by molar-refractivity contribution is -0.125. The van der Waals surface area contributed by atoms with Crippen LogP contribution in [0.3, 0.4) is 0 Å². The summed E-state index contributed by atoms with van der Waals surface area (Å²) >= 11 is 5.92. The van der Waals surface area contributed by atoms with Gasteiger partial charge >= 0.3 is 0 Å². The summed E-state index contributed by atoms with van der Waals surface area (Å²) in [5.41, 5.74) is 1.74. The number of hydrogen-bond acceptors (Lipinski definition) is 4. The Kier molecular flexibility index (Phi) is 10.5. The molecule has 1 aromatic carbocycles. The predicted molar refractivity (Wildman–Crippen MR) is 128 cm³/mol. The minimum Gasteiger partial charge on any atom is -0.506 e. The van der Waals surface area contributed by atoms with Crippen LogP contribution in [0.4, 0.5) is 0 Å². The van der Waals surface area contributed by atoms with E-state index in [0.29, 0.717) is 22.3 Å². The molecule has 0 aliphatic carbocycles. The monoisotopic (exact) mass is 463 g/mol. The van der Waals surface area contributed by atoms with Crippen molar-refractivity contribution in [3.8, 4) is 5.75 Å². The lowest BCUT2D eigenvalue weighted by Crippen LogP contribution is -2.47. The van der Waals surface area contributed by atoms with E-state index in [1.54, 1.807) is 13.0 Å². The number of carbonyl (C=O) groups is 2. The molecule has 8 heteroatoms. The van der Waals surface area contributed by atoms with Gasteiger partial charge in [-0.3, -0.25) is 19.8 Å². The molecular formula is C24H34ClN3O4. The molecule has 2 aromatic rings. The smallest absolute Gasteiger partial charge is 0.281 e. The number of hydrazine groups is 1. The quantitative estimate of drug-likeness (QED) is 0.293. The Bertz CT molecular complexity index is 974. The van der Waals surface area contributed by atoms with Crippen LogP contribution >= 0.6 is 11.6 Å². The molecule has 0 aliphatic heterocycles. The first-order valence-electron chi connectivity index (χ1n) is 11.5. The topological polar surface area (TPSA) is 102 Å². The number of aromatic nitrogens is 1. The van der Waals surface area contributed by atoms with Crippen molar-refractivity contribution in [2.75, 3.05) is 6.54 Å². The zero-order valence-electron chi connectivity index (χ0n) is 19.0. The number of nitrogens with one attached hydrogen (secondary N) is 2. The van der Waals surface area contributed by atoms with E-state index in [0.717, 1.165) is 24.3 Å². The largest absolute Gasteiger partial charge is 0.506 e. The third-order valence-electron chi connectivity index (χ3n) is 5.49. The van der Waals surface area contributed by atoms with Gasteiger partial charge in [-0.25, -0.2) is 5.01 Å². The molecule has 2 amide bonds. The number of unbranched alkanes of at least 4 members (excludes halogenated alkanes) is 8. The van der Waals surface area contributed by atoms with E-state index in [4.69, 9.17) is 11.6 Å². The number of hydrogen-bond donors (Lipinski definition) is 3. The van der Waals surface area contributed by atoms with E-state index < -0.39 is 22.8 Å². The van der Waals surface area contributed by atoms with Crippen LogP contribution < -0.4 is 11.0 Å². The fourth-order valence-corrected chi connectivity index (χ4v) is 3.83. The van der Waals surface area contributed by atoms with Gasteiger partial charge in [0.1, 0.15) is 11.3 Å². The molecule has 0 saturated heterocycles. The lowest BCUT2D eigenvalue weighted by Gasteiger charge is -2.22. The second-order valence-electron chi connectivity index (χ2n) is 8.03. The molecule has 1 aromatic heterocycles. The first kappa shape index (κ1) is 25.7. The summed E-state index contributed by atoms with van der Waals surface area (Å²) in [6.07, 6.45) is 10.6. The van der Waals surface area contributed by atoms with Crippen molar-refractivity contribution in [3.63, 3.8) is 0 Å². The molecule has 0 spiro atoms. The molecule has 0 bridgehead atoms. The SMILES string of the molecule is CCCCCCCCCCCC(=O)NN(CC)C(=O)c1c(O)c2ccc(Cl)cc2[nH]c1=O. The number of nitrogens with zero attached hydrogens (tertiary/aromatic N) is 1. The average molecular weight is 464 g/mol. The molecule has 1 heterocycles. The Hall–Kier alpha value is -2.54. The van der Waals surface area contributed by atoms with Crippen molar-refractivity contribution in [3.05, 3.63) is 39.1 Å². The predicted octanol–water partition coefficient (Wildman–Crippen LogP) is 5.30. The van der Waals surface area contributed by atoms with Crippen molar-refractivity contribution in [1.82, 2.24) is 15.4 Å². The molecule has 0 atom stereocenters. The van der Waals surface area contributed by atoms with Crippen molar-refractivity contribution in [1.29, 1.82) is 0 Å². The van der Waals surface area contributed by atoms with E-state index in [-0.39, 0.29) is 12.5 Å². The number of aromatic hydroxyl groups is 1. The van der Waals surface area contributed by atoms with Crippen LogP contribution in [0.5, 0.6) is 5.75 Å². The van der Waals surface area contributed by atoms with E-state index >= 15 is 0 Å². The third kappa shape index (κ3) is 7.26. The second kappa shape index (κ2) is 13.1. The fourth-order valence-electron chi connectivity index (χ4n) is 3.66. The number of benzene rings is 1. The molecule has 7 nitrogen and oxygen atoms in total. The molecule has 3 N–H and O–H groups in total. The summed E-state index contributed by atoms with van der Waals surface area (Å²) < 4.78 is 0. The number of carbonyl (C=O) groups excluding carboxylic acids is 2. The summed E-state index contributed by atoms with van der Waals surface area (Å²) in [6, 6.07) is 4.58. The molecule has 2 rings (SSSR count). The van der Waals surface area contributed by atoms with Gasteiger partial charge in [-0.1, -0.05) is 69.9 Å². The number of pyridine rings is 1. The Morgan fingerprint density at radius 2 is 1.66 bits per heavy atom. The first-order valence-corrected chi connectivity index (χ1v) is 11.9. The molecule has 0 radical (unpaired) electrons. The fraction of sp³-hybridized carbons (Fsp3) is 0.542. The Morgan fingerprint density at radius 1 is 1.03 bits per heavy atom. The highest BCUT2D eigenvalue weighted by atomic mass is 35.5. The minimum atomic E-state index is -0.761. The lowest BCUT2D eigenvalue weighted by atomic mass is 10.1. The highest BCUT2D eigenvalue weighted by molar-refractivity contribution is 6.31. The number of amides is 2. The molecule has 176 valence electrons. The number of H-pyrrole nitrogens is 1. The summed E-state index contributed by atoms with van der Waals surface area (Å²) in [4.78, 5) is 40.2. The van der Waals surface area contributed by atoms with E-state index in [9.17, 15) is 19.5 Å². The van der Waals surface area contributed by atoms with Crippen molar-refractivity contribution >= 4 is 34.3 Å². The molecule has 0 fully saturated rings. The second-order valence-corrected chi connectivity index (χ2v) is 8.47. The Balaban J connectivity index is 1.90. The third-order valence-corrected chi connectivity index (χ3v) is 5.73. The van der Waals surface area contributed by atoms with Crippen LogP contribution in [0, 0.1) is 0 Å². The normalized spacial score (nSPS) is 11.0. The number of halogens is 1. The van der Waals surface area contributed by atoms with E-state index in [1.165, 1.54) is 50.7 Å². The summed E-state index contributed by atoms with van der Waals surface area (Å²) in [7, 11) is 0. The van der Waals surface area contributed by atoms with Gasteiger partial charge in [-0.05, 0) is 31.5 Å². The van der Waals surface area contributed by atoms with Crippen LogP contribution in [0.1, 0.15) is 88.4 Å². The maximum atomic E-state index is 12.9. The Labute approximate surface area is 194 Å². The Morgan fingerprint density at radius 3 is 2.28 bits per heavy atom. The number of rotatable bonds is 12. The summed E-state index contributed by atoms with van der Waals surface area (Å²) in [6.45, 7) is 4.04. The van der Waals surface area contributed by atoms with Gasteiger partial charge < -0.3 is 10.1 Å². The zero-order valence-corrected chi connectivity index (χ0v) is 19.8. The van der Waals surface area contributed by atoms with Gasteiger partial charge in [0.15, 0.2) is 0 Å². The van der Waals surface area contributed by atoms with Crippen molar-refractivity contribution in [2.24, 2.45) is 0 Å². The maximum absolute atomic E-state index is 12.9. The molecule has 0 aliphatic rings. The standard InChI is InChI=1S/C24H34ClN3O4/c1-3-5-6-7-8-9-10-11-12-13-20(29)27-28(4-2)24(32)21-22(30)18-15-14-17(25)16-19(18)26-23(21)31/h14-16H,3-13H2,1-2H3,(H,27,29)(H2,26,30,31). The number of aromatic amines is 1. The summed E-state index contributed by atoms with van der Waals surface area (Å²) in [5.74, 6) is -1.48. The van der Waals surface area contributed by atoms with Gasteiger partial charge in [0.25, 0.3) is 11.5 Å². The molecule has 32 heavy (non-hydrogen) atoms. The van der Waals surface area contributed by atoms with Crippen LogP contribution in [-0.2, 0) is 4.79 Å². The van der Waals surface area contributed by atoms with Gasteiger partial charge in [0.2, 0.25) is 5.91 Å². The minimum absolute atomic E-state index is 0.153. The van der Waals surface area contributed by atoms with Crippen molar-refractivity contribution in [2.45, 2.75) is 78.1 Å². The van der Waals surface area contributed by atoms with Gasteiger partial charge in [0, 0.05) is 23.4 Å². The van der Waals surface area contributed by atoms with Gasteiger partial charge in [-0.15, -0.1) is 0 Å². The van der Waals surface area contributed by atoms with Gasteiger partial charge in [0.05, 0.1) is 5.52 Å². The van der Waals surface area contributed by atoms with Crippen molar-refractivity contribution < 1.29 is 14.7 Å². The first-order chi connectivity index (χ1) is 15.4. The van der Waals surface area contributed by atoms with Crippen LogP contribution in [0.2, 0.25) is 5.02 Å². The molecule has 0 saturated carbocycles.